The summed E-state index contributed by atoms with van der Waals surface area (Å²) in [7, 11) is 5.05. The van der Waals surface area contributed by atoms with Gasteiger partial charge >= 0.3 is 0 Å². The van der Waals surface area contributed by atoms with E-state index in [-0.39, 0.29) is 5.91 Å². The number of ether oxygens (including phenoxy) is 3. The van der Waals surface area contributed by atoms with Gasteiger partial charge in [-0.25, -0.2) is 0 Å². The monoisotopic (exact) mass is 503 g/mol. The van der Waals surface area contributed by atoms with Crippen LogP contribution in [0.25, 0.3) is 0 Å². The van der Waals surface area contributed by atoms with E-state index in [1.165, 1.54) is 11.5 Å². The number of nitrogens with zero attached hydrogens (tertiary/aromatic N) is 3. The molecule has 0 radical (unpaired) electrons. The molecule has 4 aromatic rings. The Morgan fingerprint density at radius 3 is 2.33 bits per heavy atom. The zero-order chi connectivity index (χ0) is 25.3. The van der Waals surface area contributed by atoms with Gasteiger partial charge in [0.25, 0.3) is 5.19 Å². The number of carbonyl (C=O) groups excluding carboxylic acids is 1. The van der Waals surface area contributed by atoms with E-state index in [1.807, 2.05) is 67.7 Å². The third-order valence-electron chi connectivity index (χ3n) is 5.75. The molecule has 186 valence electrons. The molecule has 1 aromatic heterocycles. The van der Waals surface area contributed by atoms with Crippen LogP contribution in [0.5, 0.6) is 22.4 Å². The number of amides is 1. The fourth-order valence-corrected chi connectivity index (χ4v) is 4.24. The van der Waals surface area contributed by atoms with Gasteiger partial charge in [-0.15, -0.1) is 0 Å². The highest BCUT2D eigenvalue weighted by Gasteiger charge is 2.12. The first-order valence-corrected chi connectivity index (χ1v) is 12.4. The number of hydrogen-bond donors (Lipinski definition) is 0. The number of methoxy groups -OCH3 is 2. The Labute approximate surface area is 215 Å². The van der Waals surface area contributed by atoms with Crippen molar-refractivity contribution in [1.82, 2.24) is 14.3 Å². The Morgan fingerprint density at radius 1 is 0.889 bits per heavy atom. The van der Waals surface area contributed by atoms with Gasteiger partial charge in [0.15, 0.2) is 17.3 Å². The lowest BCUT2D eigenvalue weighted by molar-refractivity contribution is -0.129. The fraction of sp³-hybridized carbons (Fsp3) is 0.250. The molecule has 0 unspecified atom stereocenters. The van der Waals surface area contributed by atoms with E-state index in [2.05, 4.69) is 21.5 Å². The first-order valence-electron chi connectivity index (χ1n) is 11.6. The van der Waals surface area contributed by atoms with Crippen LogP contribution >= 0.6 is 11.5 Å². The van der Waals surface area contributed by atoms with Gasteiger partial charge in [0.05, 0.1) is 20.6 Å². The van der Waals surface area contributed by atoms with Crippen molar-refractivity contribution < 1.29 is 19.0 Å². The molecule has 0 spiro atoms. The van der Waals surface area contributed by atoms with Gasteiger partial charge in [-0.3, -0.25) is 4.79 Å². The molecular weight excluding hydrogens is 474 g/mol. The second kappa shape index (κ2) is 12.2. The van der Waals surface area contributed by atoms with Crippen LogP contribution in [0.3, 0.4) is 0 Å². The van der Waals surface area contributed by atoms with Crippen molar-refractivity contribution in [3.8, 4) is 22.4 Å². The Morgan fingerprint density at radius 2 is 1.61 bits per heavy atom. The number of likely N-dealkylation sites (N-methyl/N-ethyl adjacent to an activating group) is 1. The van der Waals surface area contributed by atoms with E-state index in [9.17, 15) is 4.79 Å². The summed E-state index contributed by atoms with van der Waals surface area (Å²) < 4.78 is 20.9. The van der Waals surface area contributed by atoms with E-state index in [0.717, 1.165) is 28.9 Å². The fourth-order valence-electron chi connectivity index (χ4n) is 3.67. The summed E-state index contributed by atoms with van der Waals surface area (Å²) in [6, 6.07) is 23.4. The Bertz CT molecular complexity index is 1280. The predicted octanol–water partition coefficient (Wildman–Crippen LogP) is 5.18. The zero-order valence-corrected chi connectivity index (χ0v) is 21.5. The van der Waals surface area contributed by atoms with Gasteiger partial charge in [-0.05, 0) is 47.4 Å². The highest BCUT2D eigenvalue weighted by Crippen LogP contribution is 2.28. The van der Waals surface area contributed by atoms with Crippen molar-refractivity contribution in [3.05, 3.63) is 95.3 Å². The van der Waals surface area contributed by atoms with Crippen molar-refractivity contribution in [2.24, 2.45) is 0 Å². The smallest absolute Gasteiger partial charge is 0.298 e. The Hall–Kier alpha value is -3.91. The van der Waals surface area contributed by atoms with Crippen LogP contribution in [0.1, 0.15) is 22.5 Å². The molecule has 0 aliphatic carbocycles. The molecule has 0 N–H and O–H groups in total. The van der Waals surface area contributed by atoms with Crippen molar-refractivity contribution in [1.29, 1.82) is 0 Å². The average Bonchev–Trinajstić information content (AvgIpc) is 3.35. The number of aromatic nitrogens is 2. The predicted molar refractivity (Wildman–Crippen MR) is 140 cm³/mol. The van der Waals surface area contributed by atoms with Gasteiger partial charge in [0.2, 0.25) is 5.91 Å². The second-order valence-corrected chi connectivity index (χ2v) is 9.03. The standard InChI is InChI=1S/C28H29N3O4S/c1-31(16-15-22-11-14-24(33-2)25(17-22)34-3)27(32)19-21-9-12-23(13-10-21)35-28-29-26(30-36-28)18-20-7-5-4-6-8-20/h4-14,17H,15-16,18-19H2,1-3H3. The molecule has 0 fully saturated rings. The summed E-state index contributed by atoms with van der Waals surface area (Å²) >= 11 is 1.23. The second-order valence-electron chi connectivity index (χ2n) is 8.32. The van der Waals surface area contributed by atoms with E-state index >= 15 is 0 Å². The van der Waals surface area contributed by atoms with E-state index in [0.29, 0.717) is 41.8 Å². The lowest BCUT2D eigenvalue weighted by Crippen LogP contribution is -2.30. The molecule has 0 saturated carbocycles. The third-order valence-corrected chi connectivity index (χ3v) is 6.38. The lowest BCUT2D eigenvalue weighted by Gasteiger charge is -2.18. The maximum absolute atomic E-state index is 12.7. The molecule has 7 nitrogen and oxygen atoms in total. The van der Waals surface area contributed by atoms with Crippen LogP contribution < -0.4 is 14.2 Å². The quantitative estimate of drug-likeness (QED) is 0.281. The highest BCUT2D eigenvalue weighted by atomic mass is 32.1. The minimum atomic E-state index is 0.0545. The van der Waals surface area contributed by atoms with Crippen LogP contribution in [0.15, 0.2) is 72.8 Å². The van der Waals surface area contributed by atoms with Gasteiger partial charge in [-0.2, -0.15) is 9.36 Å². The highest BCUT2D eigenvalue weighted by molar-refractivity contribution is 7.07. The van der Waals surface area contributed by atoms with Crippen LogP contribution in [0.4, 0.5) is 0 Å². The molecule has 0 atom stereocenters. The summed E-state index contributed by atoms with van der Waals surface area (Å²) in [6.45, 7) is 0.609. The molecule has 8 heteroatoms. The molecule has 1 amide bonds. The van der Waals surface area contributed by atoms with Crippen LogP contribution in [0.2, 0.25) is 0 Å². The number of hydrogen-bond acceptors (Lipinski definition) is 7. The summed E-state index contributed by atoms with van der Waals surface area (Å²) in [6.07, 6.45) is 1.72. The van der Waals surface area contributed by atoms with E-state index < -0.39 is 0 Å². The normalized spacial score (nSPS) is 10.6. The van der Waals surface area contributed by atoms with Crippen molar-refractivity contribution in [2.45, 2.75) is 19.3 Å². The van der Waals surface area contributed by atoms with E-state index in [1.54, 1.807) is 19.1 Å². The number of benzene rings is 3. The molecule has 36 heavy (non-hydrogen) atoms. The van der Waals surface area contributed by atoms with Crippen molar-refractivity contribution in [2.75, 3.05) is 27.8 Å². The molecule has 3 aromatic carbocycles. The van der Waals surface area contributed by atoms with Crippen LogP contribution in [0, 0.1) is 0 Å². The van der Waals surface area contributed by atoms with Gasteiger partial charge in [0, 0.05) is 31.5 Å². The summed E-state index contributed by atoms with van der Waals surface area (Å²) in [4.78, 5) is 18.9. The Kier molecular flexibility index (Phi) is 8.52. The van der Waals surface area contributed by atoms with Gasteiger partial charge in [0.1, 0.15) is 5.75 Å². The van der Waals surface area contributed by atoms with Gasteiger partial charge in [-0.1, -0.05) is 48.5 Å². The van der Waals surface area contributed by atoms with Crippen molar-refractivity contribution >= 4 is 17.4 Å². The maximum atomic E-state index is 12.7. The molecule has 1 heterocycles. The average molecular weight is 504 g/mol. The van der Waals surface area contributed by atoms with Crippen LogP contribution in [-0.4, -0.2) is 48.0 Å². The zero-order valence-electron chi connectivity index (χ0n) is 20.6. The first-order chi connectivity index (χ1) is 17.5. The van der Waals surface area contributed by atoms with Crippen LogP contribution in [-0.2, 0) is 24.1 Å². The molecule has 4 rings (SSSR count). The first kappa shape index (κ1) is 25.2. The topological polar surface area (TPSA) is 73.8 Å². The number of carbonyl (C=O) groups is 1. The number of rotatable bonds is 11. The Balaban J connectivity index is 1.26. The minimum absolute atomic E-state index is 0.0545. The SMILES string of the molecule is COc1ccc(CCN(C)C(=O)Cc2ccc(Oc3nc(Cc4ccccc4)ns3)cc2)cc1OC. The van der Waals surface area contributed by atoms with Crippen molar-refractivity contribution in [3.63, 3.8) is 0 Å². The minimum Gasteiger partial charge on any atom is -0.493 e. The molecule has 0 bridgehead atoms. The van der Waals surface area contributed by atoms with Gasteiger partial charge < -0.3 is 19.1 Å². The lowest BCUT2D eigenvalue weighted by atomic mass is 10.1. The molecule has 0 saturated heterocycles. The summed E-state index contributed by atoms with van der Waals surface area (Å²) in [5.41, 5.74) is 3.16. The summed E-state index contributed by atoms with van der Waals surface area (Å²) in [5.74, 6) is 2.83. The molecule has 0 aliphatic heterocycles. The van der Waals surface area contributed by atoms with E-state index in [4.69, 9.17) is 14.2 Å². The third kappa shape index (κ3) is 6.82. The molecular formula is C28H29N3O4S. The molecule has 0 aliphatic rings. The summed E-state index contributed by atoms with van der Waals surface area (Å²) in [5, 5.41) is 0.500. The maximum Gasteiger partial charge on any atom is 0.298 e. The largest absolute Gasteiger partial charge is 0.493 e.